The summed E-state index contributed by atoms with van der Waals surface area (Å²) in [5.41, 5.74) is 2.09. The molecule has 138 valence electrons. The smallest absolute Gasteiger partial charge is 0.251 e. The van der Waals surface area contributed by atoms with Crippen LogP contribution in [0.5, 0.6) is 0 Å². The van der Waals surface area contributed by atoms with E-state index in [1.807, 2.05) is 50.1 Å². The highest BCUT2D eigenvalue weighted by Gasteiger charge is 2.17. The molecular weight excluding hydrogens is 350 g/mol. The van der Waals surface area contributed by atoms with Gasteiger partial charge in [-0.3, -0.25) is 14.5 Å². The maximum atomic E-state index is 12.4. The molecule has 2 aromatic rings. The molecule has 0 heterocycles. The Morgan fingerprint density at radius 3 is 2.58 bits per heavy atom. The molecule has 2 amide bonds. The number of hydrogen-bond donors (Lipinski definition) is 2. The third-order valence-electron chi connectivity index (χ3n) is 4.16. The third-order valence-corrected chi connectivity index (χ3v) is 4.50. The Labute approximate surface area is 159 Å². The van der Waals surface area contributed by atoms with Crippen molar-refractivity contribution in [2.24, 2.45) is 0 Å². The average Bonchev–Trinajstić information content (AvgIpc) is 2.61. The topological polar surface area (TPSA) is 61.4 Å². The van der Waals surface area contributed by atoms with E-state index in [-0.39, 0.29) is 24.4 Å². The standard InChI is InChI=1S/C20H24ClN3O2/c1-4-22-20(26)15-8-7-9-16(12-15)23-19(25)13-24(3)14(2)17-10-5-6-11-18(17)21/h5-12,14H,4,13H2,1-3H3,(H,22,26)(H,23,25). The zero-order valence-corrected chi connectivity index (χ0v) is 16.0. The molecule has 0 radical (unpaired) electrons. The van der Waals surface area contributed by atoms with E-state index < -0.39 is 0 Å². The van der Waals surface area contributed by atoms with Crippen molar-refractivity contribution >= 4 is 29.1 Å². The molecule has 1 unspecified atom stereocenters. The first kappa shape index (κ1) is 19.9. The average molecular weight is 374 g/mol. The molecule has 6 heteroatoms. The van der Waals surface area contributed by atoms with Gasteiger partial charge in [-0.25, -0.2) is 0 Å². The first-order chi connectivity index (χ1) is 12.4. The van der Waals surface area contributed by atoms with Crippen LogP contribution in [0.3, 0.4) is 0 Å². The molecule has 2 rings (SSSR count). The third kappa shape index (κ3) is 5.31. The second kappa shape index (κ2) is 9.36. The highest BCUT2D eigenvalue weighted by atomic mass is 35.5. The number of hydrogen-bond acceptors (Lipinski definition) is 3. The lowest BCUT2D eigenvalue weighted by Crippen LogP contribution is -2.32. The van der Waals surface area contributed by atoms with Crippen molar-refractivity contribution in [2.45, 2.75) is 19.9 Å². The monoisotopic (exact) mass is 373 g/mol. The van der Waals surface area contributed by atoms with Crippen molar-refractivity contribution in [1.29, 1.82) is 0 Å². The van der Waals surface area contributed by atoms with Crippen molar-refractivity contribution in [3.05, 3.63) is 64.7 Å². The summed E-state index contributed by atoms with van der Waals surface area (Å²) in [6.45, 7) is 4.63. The molecule has 5 nitrogen and oxygen atoms in total. The summed E-state index contributed by atoms with van der Waals surface area (Å²) >= 11 is 6.24. The predicted octanol–water partition coefficient (Wildman–Crippen LogP) is 3.72. The normalized spacial score (nSPS) is 11.9. The second-order valence-electron chi connectivity index (χ2n) is 6.10. The number of carbonyl (C=O) groups excluding carboxylic acids is 2. The molecule has 0 aliphatic carbocycles. The van der Waals surface area contributed by atoms with Crippen LogP contribution in [-0.4, -0.2) is 36.9 Å². The highest BCUT2D eigenvalue weighted by molar-refractivity contribution is 6.31. The number of nitrogens with zero attached hydrogens (tertiary/aromatic N) is 1. The van der Waals surface area contributed by atoms with Crippen LogP contribution >= 0.6 is 11.6 Å². The lowest BCUT2D eigenvalue weighted by molar-refractivity contribution is -0.117. The van der Waals surface area contributed by atoms with Crippen LogP contribution in [0.25, 0.3) is 0 Å². The Bertz CT molecular complexity index is 779. The number of rotatable bonds is 7. The number of amides is 2. The van der Waals surface area contributed by atoms with Crippen LogP contribution in [0.1, 0.15) is 35.8 Å². The van der Waals surface area contributed by atoms with Crippen LogP contribution in [0, 0.1) is 0 Å². The van der Waals surface area contributed by atoms with Gasteiger partial charge in [-0.2, -0.15) is 0 Å². The molecule has 0 aromatic heterocycles. The van der Waals surface area contributed by atoms with Crippen LogP contribution in [0.2, 0.25) is 5.02 Å². The largest absolute Gasteiger partial charge is 0.352 e. The van der Waals surface area contributed by atoms with Gasteiger partial charge in [0.05, 0.1) is 6.54 Å². The van der Waals surface area contributed by atoms with E-state index in [2.05, 4.69) is 10.6 Å². The lowest BCUT2D eigenvalue weighted by atomic mass is 10.1. The second-order valence-corrected chi connectivity index (χ2v) is 6.51. The van der Waals surface area contributed by atoms with Crippen molar-refractivity contribution in [1.82, 2.24) is 10.2 Å². The molecule has 1 atom stereocenters. The number of benzene rings is 2. The van der Waals surface area contributed by atoms with E-state index in [0.29, 0.717) is 22.8 Å². The van der Waals surface area contributed by atoms with Gasteiger partial charge in [0.2, 0.25) is 5.91 Å². The molecular formula is C20H24ClN3O2. The van der Waals surface area contributed by atoms with Crippen LogP contribution in [0.4, 0.5) is 5.69 Å². The van der Waals surface area contributed by atoms with Crippen LogP contribution in [0.15, 0.2) is 48.5 Å². The minimum absolute atomic E-state index is 0.00360. The predicted molar refractivity (Wildman–Crippen MR) is 106 cm³/mol. The SMILES string of the molecule is CCNC(=O)c1cccc(NC(=O)CN(C)C(C)c2ccccc2Cl)c1. The Morgan fingerprint density at radius 1 is 1.15 bits per heavy atom. The van der Waals surface area contributed by atoms with Gasteiger partial charge < -0.3 is 10.6 Å². The minimum Gasteiger partial charge on any atom is -0.352 e. The first-order valence-corrected chi connectivity index (χ1v) is 8.93. The maximum absolute atomic E-state index is 12.4. The Hall–Kier alpha value is -2.37. The van der Waals surface area contributed by atoms with Crippen molar-refractivity contribution in [3.8, 4) is 0 Å². The molecule has 0 fully saturated rings. The van der Waals surface area contributed by atoms with E-state index in [9.17, 15) is 9.59 Å². The number of nitrogens with one attached hydrogen (secondary N) is 2. The maximum Gasteiger partial charge on any atom is 0.251 e. The van der Waals surface area contributed by atoms with Gasteiger partial charge >= 0.3 is 0 Å². The molecule has 0 bridgehead atoms. The van der Waals surface area contributed by atoms with E-state index in [1.165, 1.54) is 0 Å². The summed E-state index contributed by atoms with van der Waals surface area (Å²) < 4.78 is 0. The molecule has 26 heavy (non-hydrogen) atoms. The van der Waals surface area contributed by atoms with E-state index in [4.69, 9.17) is 11.6 Å². The van der Waals surface area contributed by atoms with E-state index >= 15 is 0 Å². The number of likely N-dealkylation sites (N-methyl/N-ethyl adjacent to an activating group) is 1. The molecule has 0 saturated heterocycles. The van der Waals surface area contributed by atoms with Gasteiger partial charge in [-0.05, 0) is 50.7 Å². The lowest BCUT2D eigenvalue weighted by Gasteiger charge is -2.25. The fourth-order valence-corrected chi connectivity index (χ4v) is 2.91. The fourth-order valence-electron chi connectivity index (χ4n) is 2.62. The molecule has 0 spiro atoms. The summed E-state index contributed by atoms with van der Waals surface area (Å²) in [6, 6.07) is 14.5. The molecule has 2 aromatic carbocycles. The van der Waals surface area contributed by atoms with E-state index in [0.717, 1.165) is 5.56 Å². The van der Waals surface area contributed by atoms with Gasteiger partial charge in [0.25, 0.3) is 5.91 Å². The molecule has 0 aliphatic heterocycles. The van der Waals surface area contributed by atoms with Gasteiger partial charge in [0.15, 0.2) is 0 Å². The van der Waals surface area contributed by atoms with Crippen molar-refractivity contribution in [3.63, 3.8) is 0 Å². The quantitative estimate of drug-likeness (QED) is 0.777. The van der Waals surface area contributed by atoms with Crippen molar-refractivity contribution < 1.29 is 9.59 Å². The summed E-state index contributed by atoms with van der Waals surface area (Å²) in [5, 5.41) is 6.26. The number of anilines is 1. The summed E-state index contributed by atoms with van der Waals surface area (Å²) in [7, 11) is 1.87. The molecule has 2 N–H and O–H groups in total. The zero-order valence-electron chi connectivity index (χ0n) is 15.3. The van der Waals surface area contributed by atoms with Gasteiger partial charge in [0.1, 0.15) is 0 Å². The van der Waals surface area contributed by atoms with Gasteiger partial charge in [-0.1, -0.05) is 35.9 Å². The Balaban J connectivity index is 1.99. The van der Waals surface area contributed by atoms with E-state index in [1.54, 1.807) is 24.3 Å². The van der Waals surface area contributed by atoms with Crippen molar-refractivity contribution in [2.75, 3.05) is 25.5 Å². The minimum atomic E-state index is -0.159. The van der Waals surface area contributed by atoms with Gasteiger partial charge in [0, 0.05) is 28.9 Å². The molecule has 0 saturated carbocycles. The highest BCUT2D eigenvalue weighted by Crippen LogP contribution is 2.26. The summed E-state index contributed by atoms with van der Waals surface area (Å²) in [5.74, 6) is -0.312. The fraction of sp³-hybridized carbons (Fsp3) is 0.300. The number of carbonyl (C=O) groups is 2. The number of halogens is 1. The first-order valence-electron chi connectivity index (χ1n) is 8.55. The Morgan fingerprint density at radius 2 is 1.88 bits per heavy atom. The summed E-state index contributed by atoms with van der Waals surface area (Å²) in [4.78, 5) is 26.2. The van der Waals surface area contributed by atoms with Crippen LogP contribution in [-0.2, 0) is 4.79 Å². The molecule has 0 aliphatic rings. The van der Waals surface area contributed by atoms with Gasteiger partial charge in [-0.15, -0.1) is 0 Å². The zero-order chi connectivity index (χ0) is 19.1. The summed E-state index contributed by atoms with van der Waals surface area (Å²) in [6.07, 6.45) is 0. The Kier molecular flexibility index (Phi) is 7.18. The van der Waals surface area contributed by atoms with Crippen LogP contribution < -0.4 is 10.6 Å².